The summed E-state index contributed by atoms with van der Waals surface area (Å²) >= 11 is 0. The van der Waals surface area contributed by atoms with Crippen molar-refractivity contribution in [2.24, 2.45) is 5.10 Å². The molecule has 38 heavy (non-hydrogen) atoms. The number of anilines is 1. The van der Waals surface area contributed by atoms with E-state index in [4.69, 9.17) is 24.5 Å². The molecule has 6 rings (SSSR count). The predicted molar refractivity (Wildman–Crippen MR) is 152 cm³/mol. The molecule has 0 amide bonds. The standard InChI is InChI=1S/C32H28N4O2/c1-21-15-16-28-27(17-21)31(22-9-5-4-6-10-22)34-32(33-28)36-30(24-12-8-14-26(19-24)38-3)20-29(35-36)23-11-7-13-25(18-23)37-2/h4-19,30H,20H2,1-3H3/t30-/m0/s1. The van der Waals surface area contributed by atoms with E-state index in [1.54, 1.807) is 14.2 Å². The Hall–Kier alpha value is -4.71. The lowest BCUT2D eigenvalue weighted by atomic mass is 9.98. The van der Waals surface area contributed by atoms with Crippen LogP contribution in [0.1, 0.15) is 29.2 Å². The highest BCUT2D eigenvalue weighted by Gasteiger charge is 2.32. The van der Waals surface area contributed by atoms with Crippen LogP contribution in [0.2, 0.25) is 0 Å². The van der Waals surface area contributed by atoms with Gasteiger partial charge in [0.1, 0.15) is 11.5 Å². The molecule has 0 saturated carbocycles. The van der Waals surface area contributed by atoms with Crippen LogP contribution in [0.3, 0.4) is 0 Å². The SMILES string of the molecule is COc1cccc(C2=NN(c3nc(-c4ccccc4)c4cc(C)ccc4n3)[C@H](c3cccc(OC)c3)C2)c1. The summed E-state index contributed by atoms with van der Waals surface area (Å²) in [6.07, 6.45) is 0.691. The number of fused-ring (bicyclic) bond motifs is 1. The Balaban J connectivity index is 1.54. The van der Waals surface area contributed by atoms with Crippen LogP contribution in [0.5, 0.6) is 11.5 Å². The van der Waals surface area contributed by atoms with Gasteiger partial charge in [0, 0.05) is 22.9 Å². The Morgan fingerprint density at radius 2 is 1.47 bits per heavy atom. The van der Waals surface area contributed by atoms with Crippen LogP contribution in [0.25, 0.3) is 22.2 Å². The number of rotatable bonds is 6. The van der Waals surface area contributed by atoms with Gasteiger partial charge < -0.3 is 9.47 Å². The van der Waals surface area contributed by atoms with E-state index in [9.17, 15) is 0 Å². The lowest BCUT2D eigenvalue weighted by molar-refractivity contribution is 0.413. The maximum Gasteiger partial charge on any atom is 0.247 e. The fourth-order valence-corrected chi connectivity index (χ4v) is 4.93. The number of nitrogens with zero attached hydrogens (tertiary/aromatic N) is 4. The van der Waals surface area contributed by atoms with Gasteiger partial charge in [0.2, 0.25) is 5.95 Å². The molecular formula is C32H28N4O2. The van der Waals surface area contributed by atoms with Gasteiger partial charge in [-0.3, -0.25) is 0 Å². The van der Waals surface area contributed by atoms with E-state index in [1.807, 2.05) is 53.5 Å². The number of methoxy groups -OCH3 is 2. The molecule has 0 fully saturated rings. The Bertz CT molecular complexity index is 1650. The van der Waals surface area contributed by atoms with Crippen LogP contribution in [0.15, 0.2) is 102 Å². The van der Waals surface area contributed by atoms with E-state index in [0.717, 1.165) is 50.5 Å². The minimum atomic E-state index is -0.0992. The highest BCUT2D eigenvalue weighted by atomic mass is 16.5. The number of hydrogen-bond acceptors (Lipinski definition) is 6. The van der Waals surface area contributed by atoms with Gasteiger partial charge in [-0.15, -0.1) is 0 Å². The molecule has 0 saturated heterocycles. The van der Waals surface area contributed by atoms with Crippen molar-refractivity contribution in [3.05, 3.63) is 114 Å². The predicted octanol–water partition coefficient (Wildman–Crippen LogP) is 6.98. The molecule has 0 N–H and O–H groups in total. The zero-order valence-corrected chi connectivity index (χ0v) is 21.6. The van der Waals surface area contributed by atoms with Crippen LogP contribution in [0.4, 0.5) is 5.95 Å². The number of aryl methyl sites for hydroxylation is 1. The number of ether oxygens (including phenoxy) is 2. The van der Waals surface area contributed by atoms with E-state index in [0.29, 0.717) is 12.4 Å². The third-order valence-electron chi connectivity index (χ3n) is 6.88. The lowest BCUT2D eigenvalue weighted by Gasteiger charge is -2.23. The number of benzene rings is 4. The lowest BCUT2D eigenvalue weighted by Crippen LogP contribution is -2.21. The van der Waals surface area contributed by atoms with Crippen LogP contribution >= 0.6 is 0 Å². The molecule has 1 aliphatic heterocycles. The molecule has 0 unspecified atom stereocenters. The molecule has 6 nitrogen and oxygen atoms in total. The average molecular weight is 501 g/mol. The molecule has 5 aromatic rings. The van der Waals surface area contributed by atoms with Crippen molar-refractivity contribution in [3.8, 4) is 22.8 Å². The number of hydrazone groups is 1. The smallest absolute Gasteiger partial charge is 0.247 e. The third-order valence-corrected chi connectivity index (χ3v) is 6.88. The van der Waals surface area contributed by atoms with Crippen molar-refractivity contribution < 1.29 is 9.47 Å². The summed E-state index contributed by atoms with van der Waals surface area (Å²) in [5, 5.41) is 8.08. The van der Waals surface area contributed by atoms with Crippen LogP contribution < -0.4 is 14.5 Å². The fraction of sp³-hybridized carbons (Fsp3) is 0.156. The first-order valence-electron chi connectivity index (χ1n) is 12.6. The van der Waals surface area contributed by atoms with Crippen molar-refractivity contribution in [1.82, 2.24) is 9.97 Å². The van der Waals surface area contributed by atoms with Crippen molar-refractivity contribution in [2.45, 2.75) is 19.4 Å². The van der Waals surface area contributed by atoms with Gasteiger partial charge in [0.15, 0.2) is 0 Å². The van der Waals surface area contributed by atoms with Gasteiger partial charge in [-0.25, -0.2) is 15.0 Å². The Morgan fingerprint density at radius 3 is 2.26 bits per heavy atom. The number of hydrogen-bond donors (Lipinski definition) is 0. The van der Waals surface area contributed by atoms with Crippen LogP contribution in [0, 0.1) is 6.92 Å². The van der Waals surface area contributed by atoms with E-state index < -0.39 is 0 Å². The van der Waals surface area contributed by atoms with Gasteiger partial charge in [-0.2, -0.15) is 5.10 Å². The molecule has 0 spiro atoms. The van der Waals surface area contributed by atoms with Gasteiger partial charge in [-0.1, -0.05) is 66.2 Å². The molecule has 0 bridgehead atoms. The Morgan fingerprint density at radius 1 is 0.737 bits per heavy atom. The first kappa shape index (κ1) is 23.7. The Labute approximate surface area is 222 Å². The van der Waals surface area contributed by atoms with Gasteiger partial charge in [0.05, 0.1) is 37.2 Å². The average Bonchev–Trinajstić information content (AvgIpc) is 3.43. The largest absolute Gasteiger partial charge is 0.497 e. The maximum atomic E-state index is 5.54. The first-order chi connectivity index (χ1) is 18.6. The topological polar surface area (TPSA) is 59.8 Å². The van der Waals surface area contributed by atoms with Crippen LogP contribution in [-0.4, -0.2) is 29.9 Å². The molecule has 1 aliphatic rings. The summed E-state index contributed by atoms with van der Waals surface area (Å²) in [5.74, 6) is 2.16. The second-order valence-electron chi connectivity index (χ2n) is 9.38. The number of aromatic nitrogens is 2. The Kier molecular flexibility index (Phi) is 6.22. The van der Waals surface area contributed by atoms with Crippen molar-refractivity contribution >= 4 is 22.6 Å². The molecule has 188 valence electrons. The third kappa shape index (κ3) is 4.45. The second kappa shape index (κ2) is 9.98. The highest BCUT2D eigenvalue weighted by molar-refractivity contribution is 6.03. The summed E-state index contributed by atoms with van der Waals surface area (Å²) in [7, 11) is 3.36. The van der Waals surface area contributed by atoms with Crippen molar-refractivity contribution in [2.75, 3.05) is 19.2 Å². The van der Waals surface area contributed by atoms with Crippen LogP contribution in [-0.2, 0) is 0 Å². The van der Waals surface area contributed by atoms with Crippen molar-refractivity contribution in [1.29, 1.82) is 0 Å². The monoisotopic (exact) mass is 500 g/mol. The maximum absolute atomic E-state index is 5.54. The normalized spacial score (nSPS) is 15.0. The van der Waals surface area contributed by atoms with Gasteiger partial charge in [0.25, 0.3) is 0 Å². The van der Waals surface area contributed by atoms with Gasteiger partial charge >= 0.3 is 0 Å². The molecule has 0 aliphatic carbocycles. The molecule has 1 aromatic heterocycles. The van der Waals surface area contributed by atoms with E-state index in [-0.39, 0.29) is 6.04 Å². The van der Waals surface area contributed by atoms with E-state index >= 15 is 0 Å². The minimum absolute atomic E-state index is 0.0992. The zero-order chi connectivity index (χ0) is 26.1. The second-order valence-corrected chi connectivity index (χ2v) is 9.38. The summed E-state index contributed by atoms with van der Waals surface area (Å²) < 4.78 is 11.0. The summed E-state index contributed by atoms with van der Waals surface area (Å²) in [6.45, 7) is 2.09. The first-order valence-corrected chi connectivity index (χ1v) is 12.6. The molecule has 4 aromatic carbocycles. The molecule has 2 heterocycles. The molecule has 0 radical (unpaired) electrons. The zero-order valence-electron chi connectivity index (χ0n) is 21.6. The van der Waals surface area contributed by atoms with Gasteiger partial charge in [-0.05, 0) is 48.9 Å². The molecule has 6 heteroatoms. The van der Waals surface area contributed by atoms with E-state index in [2.05, 4.69) is 55.5 Å². The van der Waals surface area contributed by atoms with Crippen molar-refractivity contribution in [3.63, 3.8) is 0 Å². The quantitative estimate of drug-likeness (QED) is 0.252. The minimum Gasteiger partial charge on any atom is -0.497 e. The molecule has 1 atom stereocenters. The highest BCUT2D eigenvalue weighted by Crippen LogP contribution is 2.38. The summed E-state index contributed by atoms with van der Waals surface area (Å²) in [5.41, 5.74) is 7.03. The summed E-state index contributed by atoms with van der Waals surface area (Å²) in [4.78, 5) is 10.1. The fourth-order valence-electron chi connectivity index (χ4n) is 4.93. The molecular weight excluding hydrogens is 472 g/mol. The summed E-state index contributed by atoms with van der Waals surface area (Å²) in [6, 6.07) is 32.6. The van der Waals surface area contributed by atoms with E-state index in [1.165, 1.54) is 5.56 Å².